The molecule has 0 unspecified atom stereocenters. The molecule has 1 fully saturated rings. The number of hydrogen-bond donors (Lipinski definition) is 0. The first kappa shape index (κ1) is 20.3. The number of hydrogen-bond acceptors (Lipinski definition) is 4. The summed E-state index contributed by atoms with van der Waals surface area (Å²) in [6, 6.07) is 10.5. The topological polar surface area (TPSA) is 66.9 Å². The van der Waals surface area contributed by atoms with Crippen molar-refractivity contribution in [1.29, 1.82) is 0 Å². The van der Waals surface area contributed by atoms with E-state index in [1.165, 1.54) is 45.5 Å². The first-order valence-corrected chi connectivity index (χ1v) is 10.3. The van der Waals surface area contributed by atoms with E-state index in [0.29, 0.717) is 6.54 Å². The van der Waals surface area contributed by atoms with Gasteiger partial charge in [-0.2, -0.15) is 0 Å². The first-order valence-electron chi connectivity index (χ1n) is 8.90. The third-order valence-electron chi connectivity index (χ3n) is 4.68. The van der Waals surface area contributed by atoms with Crippen LogP contribution in [0.5, 0.6) is 5.75 Å². The molecular weight excluding hydrogens is 383 g/mol. The Morgan fingerprint density at radius 1 is 1.14 bits per heavy atom. The largest absolute Gasteiger partial charge is 0.495 e. The highest BCUT2D eigenvalue weighted by molar-refractivity contribution is 7.89. The van der Waals surface area contributed by atoms with Crippen molar-refractivity contribution < 1.29 is 22.3 Å². The number of halogens is 1. The van der Waals surface area contributed by atoms with Gasteiger partial charge in [-0.25, -0.2) is 17.1 Å². The summed E-state index contributed by atoms with van der Waals surface area (Å²) in [5, 5.41) is 0. The van der Waals surface area contributed by atoms with Gasteiger partial charge in [0, 0.05) is 32.2 Å². The quantitative estimate of drug-likeness (QED) is 0.709. The highest BCUT2D eigenvalue weighted by Crippen LogP contribution is 2.32. The molecule has 0 saturated heterocycles. The lowest BCUT2D eigenvalue weighted by molar-refractivity contribution is 0.0729. The monoisotopic (exact) mass is 406 g/mol. The average molecular weight is 406 g/mol. The summed E-state index contributed by atoms with van der Waals surface area (Å²) in [5.41, 5.74) is 1.09. The molecule has 0 spiro atoms. The summed E-state index contributed by atoms with van der Waals surface area (Å²) in [7, 11) is 0.462. The molecule has 0 aliphatic heterocycles. The van der Waals surface area contributed by atoms with Gasteiger partial charge in [-0.3, -0.25) is 4.79 Å². The molecule has 0 aromatic heterocycles. The molecule has 150 valence electrons. The fraction of sp³-hybridized carbons (Fsp3) is 0.350. The van der Waals surface area contributed by atoms with E-state index in [1.54, 1.807) is 23.1 Å². The molecule has 8 heteroatoms. The van der Waals surface area contributed by atoms with Crippen LogP contribution >= 0.6 is 0 Å². The normalized spacial score (nSPS) is 14.2. The lowest BCUT2D eigenvalue weighted by atomic mass is 10.1. The van der Waals surface area contributed by atoms with Gasteiger partial charge in [0.25, 0.3) is 5.91 Å². The van der Waals surface area contributed by atoms with Crippen molar-refractivity contribution in [3.05, 3.63) is 59.4 Å². The van der Waals surface area contributed by atoms with Crippen LogP contribution in [0.4, 0.5) is 4.39 Å². The third kappa shape index (κ3) is 4.18. The van der Waals surface area contributed by atoms with Crippen molar-refractivity contribution in [1.82, 2.24) is 9.21 Å². The lowest BCUT2D eigenvalue weighted by Gasteiger charge is -2.23. The SMILES string of the molecule is COc1ccc(C(=O)N(Cc2ccc(F)cc2)C2CC2)cc1S(=O)(=O)N(C)C. The molecule has 1 amide bonds. The van der Waals surface area contributed by atoms with E-state index >= 15 is 0 Å². The van der Waals surface area contributed by atoms with E-state index in [1.807, 2.05) is 0 Å². The number of benzene rings is 2. The molecule has 2 aromatic carbocycles. The van der Waals surface area contributed by atoms with Gasteiger partial charge in [-0.1, -0.05) is 12.1 Å². The summed E-state index contributed by atoms with van der Waals surface area (Å²) in [5.74, 6) is -0.409. The van der Waals surface area contributed by atoms with E-state index in [0.717, 1.165) is 22.7 Å². The number of methoxy groups -OCH3 is 1. The van der Waals surface area contributed by atoms with Crippen LogP contribution < -0.4 is 4.74 Å². The Morgan fingerprint density at radius 3 is 2.32 bits per heavy atom. The van der Waals surface area contributed by atoms with Gasteiger partial charge in [0.15, 0.2) is 0 Å². The molecule has 0 heterocycles. The standard InChI is InChI=1S/C20H23FN2O4S/c1-22(2)28(25,26)19-12-15(6-11-18(19)27-3)20(24)23(17-9-10-17)13-14-4-7-16(21)8-5-14/h4-8,11-12,17H,9-10,13H2,1-3H3. The second-order valence-corrected chi connectivity index (χ2v) is 9.06. The zero-order valence-electron chi connectivity index (χ0n) is 16.1. The second-order valence-electron chi connectivity index (χ2n) is 6.94. The summed E-state index contributed by atoms with van der Waals surface area (Å²) in [6.07, 6.45) is 1.79. The predicted molar refractivity (Wildman–Crippen MR) is 103 cm³/mol. The molecule has 0 bridgehead atoms. The van der Waals surface area contributed by atoms with E-state index in [4.69, 9.17) is 4.74 Å². The molecule has 3 rings (SSSR count). The average Bonchev–Trinajstić information content (AvgIpc) is 3.51. The van der Waals surface area contributed by atoms with Crippen LogP contribution in [0.2, 0.25) is 0 Å². The maximum atomic E-state index is 13.2. The Labute approximate surface area is 164 Å². The molecule has 28 heavy (non-hydrogen) atoms. The molecule has 0 atom stereocenters. The molecule has 6 nitrogen and oxygen atoms in total. The Kier molecular flexibility index (Phi) is 5.71. The number of sulfonamides is 1. The smallest absolute Gasteiger partial charge is 0.254 e. The van der Waals surface area contributed by atoms with Crippen LogP contribution in [0.25, 0.3) is 0 Å². The van der Waals surface area contributed by atoms with Crippen molar-refractivity contribution in [3.8, 4) is 5.75 Å². The number of carbonyl (C=O) groups is 1. The summed E-state index contributed by atoms with van der Waals surface area (Å²) >= 11 is 0. The minimum absolute atomic E-state index is 0.0524. The van der Waals surface area contributed by atoms with Crippen LogP contribution in [-0.4, -0.2) is 50.8 Å². The van der Waals surface area contributed by atoms with Gasteiger partial charge in [0.2, 0.25) is 10.0 Å². The van der Waals surface area contributed by atoms with Crippen molar-refractivity contribution in [2.75, 3.05) is 21.2 Å². The predicted octanol–water partition coefficient (Wildman–Crippen LogP) is 2.89. The molecular formula is C20H23FN2O4S. The summed E-state index contributed by atoms with van der Waals surface area (Å²) in [4.78, 5) is 14.8. The van der Waals surface area contributed by atoms with Crippen molar-refractivity contribution >= 4 is 15.9 Å². The van der Waals surface area contributed by atoms with Crippen LogP contribution in [0.1, 0.15) is 28.8 Å². The number of nitrogens with zero attached hydrogens (tertiary/aromatic N) is 2. The molecule has 1 aliphatic carbocycles. The highest BCUT2D eigenvalue weighted by Gasteiger charge is 2.34. The molecule has 1 saturated carbocycles. The van der Waals surface area contributed by atoms with Crippen LogP contribution in [0, 0.1) is 5.82 Å². The molecule has 2 aromatic rings. The Balaban J connectivity index is 1.94. The maximum absolute atomic E-state index is 13.2. The fourth-order valence-corrected chi connectivity index (χ4v) is 3.99. The Morgan fingerprint density at radius 2 is 1.79 bits per heavy atom. The summed E-state index contributed by atoms with van der Waals surface area (Å²) < 4.78 is 44.6. The van der Waals surface area contributed by atoms with E-state index in [-0.39, 0.29) is 34.0 Å². The van der Waals surface area contributed by atoms with Crippen LogP contribution in [0.15, 0.2) is 47.4 Å². The van der Waals surface area contributed by atoms with Gasteiger partial charge in [-0.05, 0) is 48.7 Å². The Bertz CT molecular complexity index is 970. The lowest BCUT2D eigenvalue weighted by Crippen LogP contribution is -2.33. The zero-order chi connectivity index (χ0) is 20.5. The van der Waals surface area contributed by atoms with Crippen molar-refractivity contribution in [3.63, 3.8) is 0 Å². The Hall–Kier alpha value is -2.45. The number of carbonyl (C=O) groups excluding carboxylic acids is 1. The summed E-state index contributed by atoms with van der Waals surface area (Å²) in [6.45, 7) is 0.339. The minimum Gasteiger partial charge on any atom is -0.495 e. The maximum Gasteiger partial charge on any atom is 0.254 e. The third-order valence-corrected chi connectivity index (χ3v) is 6.52. The van der Waals surface area contributed by atoms with E-state index in [9.17, 15) is 17.6 Å². The molecule has 0 N–H and O–H groups in total. The number of ether oxygens (including phenoxy) is 1. The van der Waals surface area contributed by atoms with E-state index < -0.39 is 10.0 Å². The van der Waals surface area contributed by atoms with Crippen molar-refractivity contribution in [2.24, 2.45) is 0 Å². The minimum atomic E-state index is -3.77. The second kappa shape index (κ2) is 7.89. The zero-order valence-corrected chi connectivity index (χ0v) is 16.9. The molecule has 0 radical (unpaired) electrons. The van der Waals surface area contributed by atoms with Gasteiger partial charge in [0.05, 0.1) is 7.11 Å². The highest BCUT2D eigenvalue weighted by atomic mass is 32.2. The fourth-order valence-electron chi connectivity index (χ4n) is 2.91. The van der Waals surface area contributed by atoms with Crippen LogP contribution in [-0.2, 0) is 16.6 Å². The molecule has 1 aliphatic rings. The number of rotatable bonds is 7. The van der Waals surface area contributed by atoms with Crippen molar-refractivity contribution in [2.45, 2.75) is 30.3 Å². The van der Waals surface area contributed by atoms with Gasteiger partial charge >= 0.3 is 0 Å². The van der Waals surface area contributed by atoms with Gasteiger partial charge in [0.1, 0.15) is 16.5 Å². The number of amides is 1. The van der Waals surface area contributed by atoms with Gasteiger partial charge in [-0.15, -0.1) is 0 Å². The van der Waals surface area contributed by atoms with E-state index in [2.05, 4.69) is 0 Å². The first-order chi connectivity index (χ1) is 13.2. The van der Waals surface area contributed by atoms with Gasteiger partial charge < -0.3 is 9.64 Å². The van der Waals surface area contributed by atoms with Crippen LogP contribution in [0.3, 0.4) is 0 Å².